The summed E-state index contributed by atoms with van der Waals surface area (Å²) in [6.07, 6.45) is 0. The zero-order valence-corrected chi connectivity index (χ0v) is 13.5. The third-order valence-electron chi connectivity index (χ3n) is 3.39. The summed E-state index contributed by atoms with van der Waals surface area (Å²) in [5, 5.41) is 3.80. The van der Waals surface area contributed by atoms with E-state index in [-0.39, 0.29) is 24.6 Å². The van der Waals surface area contributed by atoms with E-state index in [2.05, 4.69) is 5.32 Å². The number of benzene rings is 1. The summed E-state index contributed by atoms with van der Waals surface area (Å²) in [5.41, 5.74) is 0.944. The van der Waals surface area contributed by atoms with E-state index in [9.17, 15) is 4.79 Å². The number of ether oxygens (including phenoxy) is 1. The largest absolute Gasteiger partial charge is 0.483 e. The Bertz CT molecular complexity index is 463. The van der Waals surface area contributed by atoms with Gasteiger partial charge in [-0.05, 0) is 46.0 Å². The molecule has 0 aromatic heterocycles. The molecular formula is C15H23ClN2O2. The highest BCUT2D eigenvalue weighted by molar-refractivity contribution is 6.30. The minimum Gasteiger partial charge on any atom is -0.483 e. The third kappa shape index (κ3) is 4.39. The summed E-state index contributed by atoms with van der Waals surface area (Å²) in [7, 11) is 3.64. The SMILES string of the molecule is CNC(C)c1cc(Cl)ccc1OCC(=O)N(C)C(C)C. The minimum atomic E-state index is -0.0435. The lowest BCUT2D eigenvalue weighted by atomic mass is 10.1. The molecule has 0 aliphatic rings. The van der Waals surface area contributed by atoms with Crippen LogP contribution in [0, 0.1) is 0 Å². The lowest BCUT2D eigenvalue weighted by molar-refractivity contribution is -0.133. The molecule has 1 aromatic carbocycles. The first-order valence-corrected chi connectivity index (χ1v) is 7.09. The molecule has 1 aromatic rings. The smallest absolute Gasteiger partial charge is 0.260 e. The molecule has 0 bridgehead atoms. The van der Waals surface area contributed by atoms with E-state index in [1.54, 1.807) is 24.1 Å². The van der Waals surface area contributed by atoms with Gasteiger partial charge < -0.3 is 15.0 Å². The second-order valence-corrected chi connectivity index (χ2v) is 5.52. The maximum atomic E-state index is 11.9. The molecule has 1 N–H and O–H groups in total. The van der Waals surface area contributed by atoms with E-state index in [4.69, 9.17) is 16.3 Å². The van der Waals surface area contributed by atoms with Crippen LogP contribution in [0.5, 0.6) is 5.75 Å². The molecule has 0 saturated carbocycles. The second-order valence-electron chi connectivity index (χ2n) is 5.08. The Balaban J connectivity index is 2.80. The molecule has 4 nitrogen and oxygen atoms in total. The van der Waals surface area contributed by atoms with Gasteiger partial charge in [0.2, 0.25) is 0 Å². The fourth-order valence-corrected chi connectivity index (χ4v) is 1.85. The van der Waals surface area contributed by atoms with Gasteiger partial charge in [-0.25, -0.2) is 0 Å². The van der Waals surface area contributed by atoms with Crippen molar-refractivity contribution in [2.45, 2.75) is 32.9 Å². The van der Waals surface area contributed by atoms with Crippen molar-refractivity contribution in [1.29, 1.82) is 0 Å². The van der Waals surface area contributed by atoms with Crippen LogP contribution < -0.4 is 10.1 Å². The van der Waals surface area contributed by atoms with E-state index in [1.807, 2.05) is 33.9 Å². The Morgan fingerprint density at radius 1 is 1.40 bits per heavy atom. The molecule has 1 atom stereocenters. The monoisotopic (exact) mass is 298 g/mol. The zero-order chi connectivity index (χ0) is 15.3. The Labute approximate surface area is 126 Å². The maximum Gasteiger partial charge on any atom is 0.260 e. The van der Waals surface area contributed by atoms with Gasteiger partial charge in [-0.15, -0.1) is 0 Å². The molecule has 112 valence electrons. The molecule has 20 heavy (non-hydrogen) atoms. The summed E-state index contributed by atoms with van der Waals surface area (Å²) in [4.78, 5) is 13.6. The van der Waals surface area contributed by atoms with Gasteiger partial charge in [0.1, 0.15) is 5.75 Å². The van der Waals surface area contributed by atoms with Gasteiger partial charge in [0.25, 0.3) is 5.91 Å². The molecule has 0 aliphatic heterocycles. The molecule has 5 heteroatoms. The molecule has 1 unspecified atom stereocenters. The number of rotatable bonds is 6. The van der Waals surface area contributed by atoms with E-state index in [0.29, 0.717) is 10.8 Å². The summed E-state index contributed by atoms with van der Waals surface area (Å²) in [6.45, 7) is 5.98. The van der Waals surface area contributed by atoms with Crippen molar-refractivity contribution < 1.29 is 9.53 Å². The molecule has 0 fully saturated rings. The number of carbonyl (C=O) groups is 1. The maximum absolute atomic E-state index is 11.9. The van der Waals surface area contributed by atoms with E-state index >= 15 is 0 Å². The van der Waals surface area contributed by atoms with Crippen LogP contribution in [0.25, 0.3) is 0 Å². The van der Waals surface area contributed by atoms with E-state index in [1.165, 1.54) is 0 Å². The van der Waals surface area contributed by atoms with Gasteiger partial charge in [0, 0.05) is 29.7 Å². The van der Waals surface area contributed by atoms with Crippen LogP contribution in [0.4, 0.5) is 0 Å². The highest BCUT2D eigenvalue weighted by atomic mass is 35.5. The van der Waals surface area contributed by atoms with Crippen LogP contribution >= 0.6 is 11.6 Å². The number of amides is 1. The summed E-state index contributed by atoms with van der Waals surface area (Å²) in [6, 6.07) is 5.68. The Kier molecular flexibility index (Phi) is 6.30. The Morgan fingerprint density at radius 2 is 2.05 bits per heavy atom. The number of nitrogens with one attached hydrogen (secondary N) is 1. The summed E-state index contributed by atoms with van der Waals surface area (Å²) < 4.78 is 5.66. The van der Waals surface area contributed by atoms with Crippen LogP contribution in [0.2, 0.25) is 5.02 Å². The van der Waals surface area contributed by atoms with Gasteiger partial charge in [-0.1, -0.05) is 11.6 Å². The van der Waals surface area contributed by atoms with Crippen LogP contribution in [-0.2, 0) is 4.79 Å². The quantitative estimate of drug-likeness (QED) is 0.878. The fourth-order valence-electron chi connectivity index (χ4n) is 1.67. The van der Waals surface area contributed by atoms with Crippen molar-refractivity contribution in [3.63, 3.8) is 0 Å². The second kappa shape index (κ2) is 7.50. The van der Waals surface area contributed by atoms with Gasteiger partial charge in [-0.3, -0.25) is 4.79 Å². The predicted octanol–water partition coefficient (Wildman–Crippen LogP) is 2.87. The first kappa shape index (κ1) is 16.8. The molecular weight excluding hydrogens is 276 g/mol. The van der Waals surface area contributed by atoms with Crippen molar-refractivity contribution in [2.75, 3.05) is 20.7 Å². The van der Waals surface area contributed by atoms with Crippen molar-refractivity contribution in [2.24, 2.45) is 0 Å². The first-order chi connectivity index (χ1) is 9.36. The van der Waals surface area contributed by atoms with Crippen molar-refractivity contribution in [1.82, 2.24) is 10.2 Å². The average Bonchev–Trinajstić information content (AvgIpc) is 2.43. The zero-order valence-electron chi connectivity index (χ0n) is 12.7. The lowest BCUT2D eigenvalue weighted by Crippen LogP contribution is -2.36. The van der Waals surface area contributed by atoms with Gasteiger partial charge >= 0.3 is 0 Å². The van der Waals surface area contributed by atoms with Gasteiger partial charge in [-0.2, -0.15) is 0 Å². The van der Waals surface area contributed by atoms with Crippen LogP contribution in [0.1, 0.15) is 32.4 Å². The predicted molar refractivity (Wildman–Crippen MR) is 82.3 cm³/mol. The van der Waals surface area contributed by atoms with Crippen LogP contribution in [-0.4, -0.2) is 37.6 Å². The number of carbonyl (C=O) groups excluding carboxylic acids is 1. The molecule has 0 heterocycles. The van der Waals surface area contributed by atoms with E-state index < -0.39 is 0 Å². The molecule has 0 aliphatic carbocycles. The Hall–Kier alpha value is -1.26. The number of halogens is 1. The van der Waals surface area contributed by atoms with Crippen LogP contribution in [0.3, 0.4) is 0 Å². The molecule has 0 spiro atoms. The topological polar surface area (TPSA) is 41.6 Å². The number of nitrogens with zero attached hydrogens (tertiary/aromatic N) is 1. The van der Waals surface area contributed by atoms with Gasteiger partial charge in [0.15, 0.2) is 6.61 Å². The van der Waals surface area contributed by atoms with E-state index in [0.717, 1.165) is 5.56 Å². The highest BCUT2D eigenvalue weighted by Crippen LogP contribution is 2.28. The lowest BCUT2D eigenvalue weighted by Gasteiger charge is -2.22. The molecule has 1 rings (SSSR count). The molecule has 0 saturated heterocycles. The van der Waals surface area contributed by atoms with Crippen molar-refractivity contribution in [3.8, 4) is 5.75 Å². The summed E-state index contributed by atoms with van der Waals surface area (Å²) in [5.74, 6) is 0.639. The molecule has 0 radical (unpaired) electrons. The number of hydrogen-bond acceptors (Lipinski definition) is 3. The average molecular weight is 299 g/mol. The molecule has 1 amide bonds. The standard InChI is InChI=1S/C15H23ClN2O2/c1-10(2)18(5)15(19)9-20-14-7-6-12(16)8-13(14)11(3)17-4/h6-8,10-11,17H,9H2,1-5H3. The Morgan fingerprint density at radius 3 is 2.60 bits per heavy atom. The first-order valence-electron chi connectivity index (χ1n) is 6.72. The normalized spacial score (nSPS) is 12.3. The van der Waals surface area contributed by atoms with Crippen molar-refractivity contribution >= 4 is 17.5 Å². The van der Waals surface area contributed by atoms with Crippen LogP contribution in [0.15, 0.2) is 18.2 Å². The third-order valence-corrected chi connectivity index (χ3v) is 3.63. The number of hydrogen-bond donors (Lipinski definition) is 1. The highest BCUT2D eigenvalue weighted by Gasteiger charge is 2.15. The minimum absolute atomic E-state index is 0.0275. The summed E-state index contributed by atoms with van der Waals surface area (Å²) >= 11 is 6.01. The van der Waals surface area contributed by atoms with Gasteiger partial charge in [0.05, 0.1) is 0 Å². The van der Waals surface area contributed by atoms with Crippen molar-refractivity contribution in [3.05, 3.63) is 28.8 Å². The number of likely N-dealkylation sites (N-methyl/N-ethyl adjacent to an activating group) is 1. The fraction of sp³-hybridized carbons (Fsp3) is 0.533.